The van der Waals surface area contributed by atoms with Gasteiger partial charge in [-0.2, -0.15) is 0 Å². The summed E-state index contributed by atoms with van der Waals surface area (Å²) >= 11 is 0. The summed E-state index contributed by atoms with van der Waals surface area (Å²) in [6, 6.07) is 9.11. The van der Waals surface area contributed by atoms with Gasteiger partial charge in [-0.3, -0.25) is 9.79 Å². The molecule has 0 saturated heterocycles. The number of hydrogen-bond acceptors (Lipinski definition) is 2. The fourth-order valence-electron chi connectivity index (χ4n) is 1.40. The largest absolute Gasteiger partial charge is 0.370 e. The summed E-state index contributed by atoms with van der Waals surface area (Å²) in [5, 5.41) is 5.77. The molecule has 0 spiro atoms. The zero-order chi connectivity index (χ0) is 14.1. The quantitative estimate of drug-likeness (QED) is 0.406. The van der Waals surface area contributed by atoms with E-state index in [1.54, 1.807) is 12.1 Å². The molecule has 5 heteroatoms. The Hall–Kier alpha value is -2.04. The van der Waals surface area contributed by atoms with Crippen LogP contribution in [0.15, 0.2) is 35.3 Å². The lowest BCUT2D eigenvalue weighted by molar-refractivity contribution is 0.0954. The second-order valence-corrected chi connectivity index (χ2v) is 4.67. The molecule has 4 N–H and O–H groups in total. The van der Waals surface area contributed by atoms with Crippen LogP contribution in [0.2, 0.25) is 0 Å². The molecule has 0 aliphatic carbocycles. The smallest absolute Gasteiger partial charge is 0.251 e. The van der Waals surface area contributed by atoms with E-state index in [0.717, 1.165) is 0 Å². The summed E-state index contributed by atoms with van der Waals surface area (Å²) in [7, 11) is 0. The predicted octanol–water partition coefficient (Wildman–Crippen LogP) is 0.977. The molecule has 0 unspecified atom stereocenters. The number of rotatable bonds is 6. The van der Waals surface area contributed by atoms with Crippen LogP contribution in [0.25, 0.3) is 0 Å². The van der Waals surface area contributed by atoms with Gasteiger partial charge >= 0.3 is 0 Å². The fraction of sp³-hybridized carbons (Fsp3) is 0.429. The molecule has 104 valence electrons. The highest BCUT2D eigenvalue weighted by Crippen LogP contribution is 1.96. The van der Waals surface area contributed by atoms with E-state index in [4.69, 9.17) is 5.73 Å². The van der Waals surface area contributed by atoms with Crippen molar-refractivity contribution in [3.63, 3.8) is 0 Å². The van der Waals surface area contributed by atoms with Gasteiger partial charge in [-0.05, 0) is 18.1 Å². The van der Waals surface area contributed by atoms with Gasteiger partial charge in [0.05, 0.1) is 0 Å². The lowest BCUT2D eigenvalue weighted by Crippen LogP contribution is -2.38. The Balaban J connectivity index is 2.21. The highest BCUT2D eigenvalue weighted by Gasteiger charge is 2.02. The van der Waals surface area contributed by atoms with E-state index in [2.05, 4.69) is 29.5 Å². The third-order valence-electron chi connectivity index (χ3n) is 2.38. The van der Waals surface area contributed by atoms with Gasteiger partial charge in [0.25, 0.3) is 5.91 Å². The SMILES string of the molecule is CC(C)CN=C(N)NCCNC(=O)c1ccccc1. The number of hydrogen-bond donors (Lipinski definition) is 3. The fourth-order valence-corrected chi connectivity index (χ4v) is 1.40. The summed E-state index contributed by atoms with van der Waals surface area (Å²) < 4.78 is 0. The zero-order valence-electron chi connectivity index (χ0n) is 11.5. The van der Waals surface area contributed by atoms with Gasteiger partial charge in [-0.1, -0.05) is 32.0 Å². The van der Waals surface area contributed by atoms with Crippen molar-refractivity contribution in [3.05, 3.63) is 35.9 Å². The normalized spacial score (nSPS) is 11.4. The molecule has 1 aromatic carbocycles. The Kier molecular flexibility index (Phi) is 6.43. The Morgan fingerprint density at radius 2 is 1.84 bits per heavy atom. The van der Waals surface area contributed by atoms with E-state index in [-0.39, 0.29) is 5.91 Å². The molecule has 0 aromatic heterocycles. The number of guanidine groups is 1. The van der Waals surface area contributed by atoms with Crippen LogP contribution in [0, 0.1) is 5.92 Å². The summed E-state index contributed by atoms with van der Waals surface area (Å²) in [4.78, 5) is 15.9. The van der Waals surface area contributed by atoms with Crippen molar-refractivity contribution in [3.8, 4) is 0 Å². The Bertz CT molecular complexity index is 415. The molecule has 0 aliphatic heterocycles. The zero-order valence-corrected chi connectivity index (χ0v) is 11.5. The van der Waals surface area contributed by atoms with Crippen molar-refractivity contribution in [2.75, 3.05) is 19.6 Å². The first-order valence-corrected chi connectivity index (χ1v) is 6.46. The maximum atomic E-state index is 11.7. The Morgan fingerprint density at radius 3 is 2.47 bits per heavy atom. The van der Waals surface area contributed by atoms with Crippen molar-refractivity contribution in [2.24, 2.45) is 16.6 Å². The maximum Gasteiger partial charge on any atom is 0.251 e. The molecule has 19 heavy (non-hydrogen) atoms. The van der Waals surface area contributed by atoms with Gasteiger partial charge < -0.3 is 16.4 Å². The van der Waals surface area contributed by atoms with E-state index in [1.165, 1.54) is 0 Å². The van der Waals surface area contributed by atoms with Gasteiger partial charge in [0, 0.05) is 25.2 Å². The number of carbonyl (C=O) groups excluding carboxylic acids is 1. The molecule has 5 nitrogen and oxygen atoms in total. The second kappa shape index (κ2) is 8.13. The molecule has 0 bridgehead atoms. The van der Waals surface area contributed by atoms with Crippen molar-refractivity contribution in [1.82, 2.24) is 10.6 Å². The predicted molar refractivity (Wildman–Crippen MR) is 78.1 cm³/mol. The number of nitrogens with one attached hydrogen (secondary N) is 2. The topological polar surface area (TPSA) is 79.5 Å². The molecule has 0 fully saturated rings. The van der Waals surface area contributed by atoms with Gasteiger partial charge in [-0.15, -0.1) is 0 Å². The summed E-state index contributed by atoms with van der Waals surface area (Å²) in [5.41, 5.74) is 6.33. The lowest BCUT2D eigenvalue weighted by atomic mass is 10.2. The van der Waals surface area contributed by atoms with E-state index in [1.807, 2.05) is 18.2 Å². The first-order valence-electron chi connectivity index (χ1n) is 6.46. The number of benzene rings is 1. The minimum atomic E-state index is -0.0832. The third kappa shape index (κ3) is 6.45. The van der Waals surface area contributed by atoms with Gasteiger partial charge in [-0.25, -0.2) is 0 Å². The molecule has 0 saturated carbocycles. The highest BCUT2D eigenvalue weighted by molar-refractivity contribution is 5.94. The van der Waals surface area contributed by atoms with Crippen LogP contribution in [-0.4, -0.2) is 31.5 Å². The van der Waals surface area contributed by atoms with Crippen LogP contribution in [0.1, 0.15) is 24.2 Å². The molecule has 1 aromatic rings. The molecular formula is C14H22N4O. The first-order chi connectivity index (χ1) is 9.09. The van der Waals surface area contributed by atoms with Gasteiger partial charge in [0.1, 0.15) is 0 Å². The molecule has 0 radical (unpaired) electrons. The Labute approximate surface area is 114 Å². The summed E-state index contributed by atoms with van der Waals surface area (Å²) in [6.07, 6.45) is 0. The molecule has 0 heterocycles. The van der Waals surface area contributed by atoms with E-state index in [9.17, 15) is 4.79 Å². The van der Waals surface area contributed by atoms with Crippen LogP contribution in [-0.2, 0) is 0 Å². The third-order valence-corrected chi connectivity index (χ3v) is 2.38. The van der Waals surface area contributed by atoms with Gasteiger partial charge in [0.2, 0.25) is 0 Å². The summed E-state index contributed by atoms with van der Waals surface area (Å²) in [6.45, 7) is 5.93. The van der Waals surface area contributed by atoms with Crippen LogP contribution >= 0.6 is 0 Å². The number of amides is 1. The van der Waals surface area contributed by atoms with E-state index in [0.29, 0.717) is 37.1 Å². The lowest BCUT2D eigenvalue weighted by Gasteiger charge is -2.08. The van der Waals surface area contributed by atoms with Crippen LogP contribution in [0.5, 0.6) is 0 Å². The van der Waals surface area contributed by atoms with Crippen LogP contribution < -0.4 is 16.4 Å². The van der Waals surface area contributed by atoms with E-state index >= 15 is 0 Å². The molecule has 0 atom stereocenters. The standard InChI is InChI=1S/C14H22N4O/c1-11(2)10-18-14(15)17-9-8-16-13(19)12-6-4-3-5-7-12/h3-7,11H,8-10H2,1-2H3,(H,16,19)(H3,15,17,18). The molecule has 1 rings (SSSR count). The highest BCUT2D eigenvalue weighted by atomic mass is 16.1. The van der Waals surface area contributed by atoms with Crippen molar-refractivity contribution >= 4 is 11.9 Å². The minimum absolute atomic E-state index is 0.0832. The van der Waals surface area contributed by atoms with E-state index < -0.39 is 0 Å². The number of nitrogens with two attached hydrogens (primary N) is 1. The van der Waals surface area contributed by atoms with Crippen molar-refractivity contribution < 1.29 is 4.79 Å². The average Bonchev–Trinajstić information content (AvgIpc) is 2.42. The summed E-state index contributed by atoms with van der Waals surface area (Å²) in [5.74, 6) is 0.820. The number of aliphatic imine (C=N–C) groups is 1. The monoisotopic (exact) mass is 262 g/mol. The molecule has 1 amide bonds. The number of nitrogens with zero attached hydrogens (tertiary/aromatic N) is 1. The van der Waals surface area contributed by atoms with Crippen LogP contribution in [0.4, 0.5) is 0 Å². The minimum Gasteiger partial charge on any atom is -0.370 e. The van der Waals surface area contributed by atoms with Gasteiger partial charge in [0.15, 0.2) is 5.96 Å². The van der Waals surface area contributed by atoms with Crippen LogP contribution in [0.3, 0.4) is 0 Å². The number of carbonyl (C=O) groups is 1. The van der Waals surface area contributed by atoms with Crippen molar-refractivity contribution in [1.29, 1.82) is 0 Å². The average molecular weight is 262 g/mol. The second-order valence-electron chi connectivity index (χ2n) is 4.67. The molecular weight excluding hydrogens is 240 g/mol. The molecule has 0 aliphatic rings. The maximum absolute atomic E-state index is 11.7. The first kappa shape index (κ1) is 15.0. The Morgan fingerprint density at radius 1 is 1.21 bits per heavy atom. The van der Waals surface area contributed by atoms with Crippen molar-refractivity contribution in [2.45, 2.75) is 13.8 Å².